The van der Waals surface area contributed by atoms with Gasteiger partial charge >= 0.3 is 0 Å². The van der Waals surface area contributed by atoms with Gasteiger partial charge in [0.2, 0.25) is 0 Å². The summed E-state index contributed by atoms with van der Waals surface area (Å²) in [5, 5.41) is 10.4. The Kier molecular flexibility index (Phi) is 4.54. The second-order valence-electron chi connectivity index (χ2n) is 4.09. The smallest absolute Gasteiger partial charge is 0.166 e. The zero-order valence-corrected chi connectivity index (χ0v) is 10.9. The predicted molar refractivity (Wildman–Crippen MR) is 71.6 cm³/mol. The topological polar surface area (TPSA) is 37.0 Å². The molecule has 0 radical (unpaired) electrons. The first-order valence-electron chi connectivity index (χ1n) is 5.77. The standard InChI is InChI=1S/C11H17N3S2/c15-11(13-8-10-12-6-7-16-10)14-9-4-2-1-3-5-9/h6-7,9H,1-5,8H2,(H2,13,14,15). The zero-order valence-electron chi connectivity index (χ0n) is 9.24. The van der Waals surface area contributed by atoms with Gasteiger partial charge in [0.25, 0.3) is 0 Å². The molecule has 0 bridgehead atoms. The molecule has 3 nitrogen and oxygen atoms in total. The number of hydrogen-bond acceptors (Lipinski definition) is 3. The summed E-state index contributed by atoms with van der Waals surface area (Å²) in [4.78, 5) is 4.20. The molecule has 1 aliphatic carbocycles. The van der Waals surface area contributed by atoms with E-state index in [2.05, 4.69) is 15.6 Å². The highest BCUT2D eigenvalue weighted by atomic mass is 32.1. The van der Waals surface area contributed by atoms with E-state index in [0.717, 1.165) is 16.7 Å². The van der Waals surface area contributed by atoms with Gasteiger partial charge in [-0.3, -0.25) is 0 Å². The number of rotatable bonds is 3. The van der Waals surface area contributed by atoms with Crippen LogP contribution in [0.3, 0.4) is 0 Å². The first kappa shape index (κ1) is 11.8. The molecule has 2 rings (SSSR count). The summed E-state index contributed by atoms with van der Waals surface area (Å²) in [5.41, 5.74) is 0. The fourth-order valence-electron chi connectivity index (χ4n) is 1.98. The fourth-order valence-corrected chi connectivity index (χ4v) is 2.77. The number of hydrogen-bond donors (Lipinski definition) is 2. The summed E-state index contributed by atoms with van der Waals surface area (Å²) < 4.78 is 0. The third-order valence-electron chi connectivity index (χ3n) is 2.82. The SMILES string of the molecule is S=C(NCc1nccs1)NC1CCCCC1. The minimum Gasteiger partial charge on any atom is -0.360 e. The van der Waals surface area contributed by atoms with Gasteiger partial charge in [0.05, 0.1) is 6.54 Å². The minimum absolute atomic E-state index is 0.574. The van der Waals surface area contributed by atoms with E-state index < -0.39 is 0 Å². The summed E-state index contributed by atoms with van der Waals surface area (Å²) in [5.74, 6) is 0. The third kappa shape index (κ3) is 3.72. The maximum atomic E-state index is 5.26. The van der Waals surface area contributed by atoms with Crippen LogP contribution in [0.1, 0.15) is 37.1 Å². The molecular weight excluding hydrogens is 238 g/mol. The Hall–Kier alpha value is -0.680. The van der Waals surface area contributed by atoms with Crippen molar-refractivity contribution < 1.29 is 0 Å². The van der Waals surface area contributed by atoms with Crippen LogP contribution in [-0.2, 0) is 6.54 Å². The predicted octanol–water partition coefficient (Wildman–Crippen LogP) is 2.44. The van der Waals surface area contributed by atoms with E-state index in [0.29, 0.717) is 6.04 Å². The van der Waals surface area contributed by atoms with E-state index in [4.69, 9.17) is 12.2 Å². The van der Waals surface area contributed by atoms with Crippen molar-refractivity contribution in [1.29, 1.82) is 0 Å². The van der Waals surface area contributed by atoms with Gasteiger partial charge in [-0.05, 0) is 25.1 Å². The Balaban J connectivity index is 1.67. The molecule has 0 amide bonds. The molecule has 1 saturated carbocycles. The van der Waals surface area contributed by atoms with Crippen LogP contribution in [0.25, 0.3) is 0 Å². The molecule has 1 aromatic heterocycles. The average Bonchev–Trinajstić information content (AvgIpc) is 2.81. The second-order valence-corrected chi connectivity index (χ2v) is 5.48. The molecule has 88 valence electrons. The van der Waals surface area contributed by atoms with Crippen molar-refractivity contribution in [2.24, 2.45) is 0 Å². The van der Waals surface area contributed by atoms with Gasteiger partial charge in [-0.1, -0.05) is 19.3 Å². The molecule has 0 aromatic carbocycles. The zero-order chi connectivity index (χ0) is 11.2. The maximum absolute atomic E-state index is 5.26. The van der Waals surface area contributed by atoms with E-state index in [1.165, 1.54) is 32.1 Å². The number of thiocarbonyl (C=S) groups is 1. The largest absolute Gasteiger partial charge is 0.360 e. The van der Waals surface area contributed by atoms with Crippen molar-refractivity contribution in [2.45, 2.75) is 44.7 Å². The molecule has 1 heterocycles. The normalized spacial score (nSPS) is 17.0. The van der Waals surface area contributed by atoms with Crippen molar-refractivity contribution in [3.05, 3.63) is 16.6 Å². The number of nitrogens with one attached hydrogen (secondary N) is 2. The van der Waals surface area contributed by atoms with Crippen LogP contribution in [0.15, 0.2) is 11.6 Å². The maximum Gasteiger partial charge on any atom is 0.166 e. The van der Waals surface area contributed by atoms with Crippen molar-refractivity contribution in [2.75, 3.05) is 0 Å². The van der Waals surface area contributed by atoms with Gasteiger partial charge < -0.3 is 10.6 Å². The Labute approximate surface area is 106 Å². The minimum atomic E-state index is 0.574. The van der Waals surface area contributed by atoms with Crippen LogP contribution in [0, 0.1) is 0 Å². The molecule has 0 unspecified atom stereocenters. The molecule has 1 fully saturated rings. The monoisotopic (exact) mass is 255 g/mol. The van der Waals surface area contributed by atoms with E-state index in [9.17, 15) is 0 Å². The highest BCUT2D eigenvalue weighted by molar-refractivity contribution is 7.80. The number of aromatic nitrogens is 1. The highest BCUT2D eigenvalue weighted by Crippen LogP contribution is 2.17. The quantitative estimate of drug-likeness (QED) is 0.814. The summed E-state index contributed by atoms with van der Waals surface area (Å²) in [7, 11) is 0. The van der Waals surface area contributed by atoms with Crippen molar-refractivity contribution in [3.63, 3.8) is 0 Å². The first-order valence-corrected chi connectivity index (χ1v) is 7.06. The van der Waals surface area contributed by atoms with E-state index in [-0.39, 0.29) is 0 Å². The number of nitrogens with zero attached hydrogens (tertiary/aromatic N) is 1. The van der Waals surface area contributed by atoms with Crippen LogP contribution in [0.5, 0.6) is 0 Å². The van der Waals surface area contributed by atoms with Gasteiger partial charge in [-0.15, -0.1) is 11.3 Å². The molecule has 2 N–H and O–H groups in total. The van der Waals surface area contributed by atoms with Gasteiger partial charge in [0.1, 0.15) is 5.01 Å². The average molecular weight is 255 g/mol. The number of thiazole rings is 1. The third-order valence-corrected chi connectivity index (χ3v) is 3.87. The van der Waals surface area contributed by atoms with E-state index in [1.54, 1.807) is 11.3 Å². The summed E-state index contributed by atoms with van der Waals surface area (Å²) in [6.07, 6.45) is 8.34. The second kappa shape index (κ2) is 6.15. The van der Waals surface area contributed by atoms with Crippen molar-refractivity contribution >= 4 is 28.7 Å². The van der Waals surface area contributed by atoms with Crippen LogP contribution in [-0.4, -0.2) is 16.1 Å². The molecule has 1 aromatic rings. The Bertz CT molecular complexity index is 318. The summed E-state index contributed by atoms with van der Waals surface area (Å²) in [6.45, 7) is 0.732. The molecule has 0 saturated heterocycles. The van der Waals surface area contributed by atoms with Crippen LogP contribution >= 0.6 is 23.6 Å². The van der Waals surface area contributed by atoms with Gasteiger partial charge in [-0.25, -0.2) is 4.98 Å². The van der Waals surface area contributed by atoms with Gasteiger partial charge in [-0.2, -0.15) is 0 Å². The van der Waals surface area contributed by atoms with Gasteiger partial charge in [0.15, 0.2) is 5.11 Å². The molecule has 0 spiro atoms. The van der Waals surface area contributed by atoms with Crippen LogP contribution in [0.2, 0.25) is 0 Å². The van der Waals surface area contributed by atoms with Crippen LogP contribution < -0.4 is 10.6 Å². The van der Waals surface area contributed by atoms with E-state index >= 15 is 0 Å². The molecule has 5 heteroatoms. The molecule has 0 atom stereocenters. The highest BCUT2D eigenvalue weighted by Gasteiger charge is 2.13. The van der Waals surface area contributed by atoms with Crippen molar-refractivity contribution in [1.82, 2.24) is 15.6 Å². The van der Waals surface area contributed by atoms with Crippen LogP contribution in [0.4, 0.5) is 0 Å². The lowest BCUT2D eigenvalue weighted by atomic mass is 9.96. The Morgan fingerprint density at radius 3 is 2.94 bits per heavy atom. The van der Waals surface area contributed by atoms with E-state index in [1.807, 2.05) is 11.6 Å². The lowest BCUT2D eigenvalue weighted by molar-refractivity contribution is 0.412. The summed E-state index contributed by atoms with van der Waals surface area (Å²) in [6, 6.07) is 0.574. The molecule has 0 aliphatic heterocycles. The van der Waals surface area contributed by atoms with Crippen molar-refractivity contribution in [3.8, 4) is 0 Å². The molecule has 1 aliphatic rings. The lowest BCUT2D eigenvalue weighted by Gasteiger charge is -2.24. The Morgan fingerprint density at radius 1 is 1.44 bits per heavy atom. The first-order chi connectivity index (χ1) is 7.84. The van der Waals surface area contributed by atoms with Gasteiger partial charge in [0, 0.05) is 17.6 Å². The summed E-state index contributed by atoms with van der Waals surface area (Å²) >= 11 is 6.91. The lowest BCUT2D eigenvalue weighted by Crippen LogP contribution is -2.42. The molecular formula is C11H17N3S2. The molecule has 16 heavy (non-hydrogen) atoms. The fraction of sp³-hybridized carbons (Fsp3) is 0.636. The Morgan fingerprint density at radius 2 is 2.25 bits per heavy atom.